The van der Waals surface area contributed by atoms with Crippen molar-refractivity contribution in [3.63, 3.8) is 0 Å². The molecule has 7 nitrogen and oxygen atoms in total. The number of hydrogen-bond acceptors (Lipinski definition) is 6. The van der Waals surface area contributed by atoms with Gasteiger partial charge < -0.3 is 14.6 Å². The number of thioether (sulfide) groups is 1. The average Bonchev–Trinajstić information content (AvgIpc) is 2.99. The van der Waals surface area contributed by atoms with Crippen molar-refractivity contribution in [2.75, 3.05) is 23.8 Å². The van der Waals surface area contributed by atoms with Gasteiger partial charge in [0.1, 0.15) is 0 Å². The van der Waals surface area contributed by atoms with Gasteiger partial charge in [-0.05, 0) is 38.5 Å². The van der Waals surface area contributed by atoms with E-state index in [1.165, 1.54) is 18.7 Å². The van der Waals surface area contributed by atoms with Crippen LogP contribution in [0.4, 0.5) is 5.69 Å². The van der Waals surface area contributed by atoms with E-state index >= 15 is 0 Å². The van der Waals surface area contributed by atoms with Gasteiger partial charge >= 0.3 is 5.97 Å². The zero-order valence-corrected chi connectivity index (χ0v) is 17.4. The number of esters is 1. The molecule has 1 aromatic heterocycles. The number of nitrogens with zero attached hydrogens (tertiary/aromatic N) is 1. The van der Waals surface area contributed by atoms with Crippen molar-refractivity contribution in [3.05, 3.63) is 46.8 Å². The van der Waals surface area contributed by atoms with E-state index in [0.29, 0.717) is 22.6 Å². The zero-order chi connectivity index (χ0) is 21.1. The van der Waals surface area contributed by atoms with Crippen LogP contribution < -0.4 is 4.90 Å². The standard InChI is InChI=1S/C21H22N2O5S/c1-12-20(14(3)24)13(2)22-21(12)16(25)10-28-19(27)8-9-23-15-6-4-5-7-17(15)29-11-18(23)26/h4-7,22H,8-11H2,1-3H3. The number of benzene rings is 1. The molecule has 0 saturated carbocycles. The van der Waals surface area contributed by atoms with Crippen molar-refractivity contribution in [1.29, 1.82) is 0 Å². The summed E-state index contributed by atoms with van der Waals surface area (Å²) in [6.07, 6.45) is -0.0144. The zero-order valence-electron chi connectivity index (χ0n) is 16.5. The first kappa shape index (κ1) is 20.9. The van der Waals surface area contributed by atoms with E-state index in [2.05, 4.69) is 4.98 Å². The second-order valence-electron chi connectivity index (χ2n) is 6.82. The van der Waals surface area contributed by atoms with Crippen LogP contribution in [0, 0.1) is 13.8 Å². The largest absolute Gasteiger partial charge is 0.457 e. The number of rotatable bonds is 7. The van der Waals surface area contributed by atoms with Crippen molar-refractivity contribution in [2.24, 2.45) is 0 Å². The highest BCUT2D eigenvalue weighted by Crippen LogP contribution is 2.34. The summed E-state index contributed by atoms with van der Waals surface area (Å²) in [7, 11) is 0. The minimum atomic E-state index is -0.561. The first-order valence-corrected chi connectivity index (χ1v) is 10.2. The van der Waals surface area contributed by atoms with Crippen LogP contribution in [0.25, 0.3) is 0 Å². The normalized spacial score (nSPS) is 13.2. The van der Waals surface area contributed by atoms with Gasteiger partial charge in [-0.25, -0.2) is 0 Å². The summed E-state index contributed by atoms with van der Waals surface area (Å²) in [4.78, 5) is 53.9. The summed E-state index contributed by atoms with van der Waals surface area (Å²) in [5.41, 5.74) is 2.72. The molecule has 0 aliphatic carbocycles. The molecule has 2 aromatic rings. The van der Waals surface area contributed by atoms with Gasteiger partial charge in [0.15, 0.2) is 12.4 Å². The Morgan fingerprint density at radius 3 is 2.62 bits per heavy atom. The van der Waals surface area contributed by atoms with Crippen LogP contribution in [0.5, 0.6) is 0 Å². The number of aryl methyl sites for hydroxylation is 1. The molecular formula is C21H22N2O5S. The molecule has 8 heteroatoms. The van der Waals surface area contributed by atoms with E-state index in [9.17, 15) is 19.2 Å². The number of para-hydroxylation sites is 1. The van der Waals surface area contributed by atoms with Crippen LogP contribution in [0.15, 0.2) is 29.2 Å². The molecular weight excluding hydrogens is 392 g/mol. The monoisotopic (exact) mass is 414 g/mol. The first-order valence-electron chi connectivity index (χ1n) is 9.20. The van der Waals surface area contributed by atoms with Crippen molar-refractivity contribution >= 4 is 40.9 Å². The minimum absolute atomic E-state index is 0.0144. The molecule has 1 aromatic carbocycles. The van der Waals surface area contributed by atoms with E-state index in [1.807, 2.05) is 24.3 Å². The highest BCUT2D eigenvalue weighted by atomic mass is 32.2. The molecule has 0 unspecified atom stereocenters. The number of nitrogens with one attached hydrogen (secondary N) is 1. The number of fused-ring (bicyclic) bond motifs is 1. The number of aromatic amines is 1. The van der Waals surface area contributed by atoms with E-state index < -0.39 is 18.4 Å². The third kappa shape index (κ3) is 4.42. The fourth-order valence-corrected chi connectivity index (χ4v) is 4.39. The van der Waals surface area contributed by atoms with Gasteiger partial charge in [-0.1, -0.05) is 12.1 Å². The van der Waals surface area contributed by atoms with Gasteiger partial charge in [0, 0.05) is 22.7 Å². The Hall–Kier alpha value is -2.87. The fourth-order valence-electron chi connectivity index (χ4n) is 3.45. The number of anilines is 1. The molecule has 0 bridgehead atoms. The molecule has 1 aliphatic rings. The lowest BCUT2D eigenvalue weighted by Crippen LogP contribution is -2.37. The average molecular weight is 414 g/mol. The predicted molar refractivity (Wildman–Crippen MR) is 110 cm³/mol. The molecule has 29 heavy (non-hydrogen) atoms. The van der Waals surface area contributed by atoms with Crippen LogP contribution >= 0.6 is 11.8 Å². The molecule has 3 rings (SSSR count). The highest BCUT2D eigenvalue weighted by Gasteiger charge is 2.25. The minimum Gasteiger partial charge on any atom is -0.457 e. The number of ether oxygens (including phenoxy) is 1. The Morgan fingerprint density at radius 1 is 1.21 bits per heavy atom. The molecule has 0 saturated heterocycles. The molecule has 2 heterocycles. The maximum atomic E-state index is 12.4. The van der Waals surface area contributed by atoms with Crippen LogP contribution in [0.2, 0.25) is 0 Å². The van der Waals surface area contributed by atoms with Crippen LogP contribution in [-0.4, -0.2) is 47.3 Å². The van der Waals surface area contributed by atoms with Crippen LogP contribution in [-0.2, 0) is 14.3 Å². The third-order valence-corrected chi connectivity index (χ3v) is 5.83. The summed E-state index contributed by atoms with van der Waals surface area (Å²) in [6.45, 7) is 4.62. The van der Waals surface area contributed by atoms with Crippen molar-refractivity contribution in [2.45, 2.75) is 32.1 Å². The molecule has 0 spiro atoms. The maximum Gasteiger partial charge on any atom is 0.308 e. The summed E-state index contributed by atoms with van der Waals surface area (Å²) in [6, 6.07) is 7.53. The van der Waals surface area contributed by atoms with Gasteiger partial charge in [-0.15, -0.1) is 11.8 Å². The lowest BCUT2D eigenvalue weighted by molar-refractivity contribution is -0.142. The van der Waals surface area contributed by atoms with Gasteiger partial charge in [0.25, 0.3) is 0 Å². The SMILES string of the molecule is CC(=O)c1c(C)[nH]c(C(=O)COC(=O)CCN2C(=O)CSc3ccccc32)c1C. The molecule has 1 amide bonds. The molecule has 0 radical (unpaired) electrons. The number of ketones is 2. The maximum absolute atomic E-state index is 12.4. The molecule has 0 atom stereocenters. The number of amides is 1. The van der Waals surface area contributed by atoms with Gasteiger partial charge in [-0.3, -0.25) is 19.2 Å². The van der Waals surface area contributed by atoms with Crippen molar-refractivity contribution in [3.8, 4) is 0 Å². The summed E-state index contributed by atoms with van der Waals surface area (Å²) < 4.78 is 5.10. The lowest BCUT2D eigenvalue weighted by Gasteiger charge is -2.28. The second-order valence-corrected chi connectivity index (χ2v) is 7.83. The summed E-state index contributed by atoms with van der Waals surface area (Å²) in [5, 5.41) is 0. The Morgan fingerprint density at radius 2 is 1.93 bits per heavy atom. The Balaban J connectivity index is 1.57. The van der Waals surface area contributed by atoms with Crippen molar-refractivity contribution < 1.29 is 23.9 Å². The van der Waals surface area contributed by atoms with E-state index in [0.717, 1.165) is 10.6 Å². The van der Waals surface area contributed by atoms with Crippen molar-refractivity contribution in [1.82, 2.24) is 4.98 Å². The molecule has 1 aliphatic heterocycles. The van der Waals surface area contributed by atoms with Gasteiger partial charge in [0.05, 0.1) is 23.6 Å². The molecule has 1 N–H and O–H groups in total. The first-order chi connectivity index (χ1) is 13.8. The number of hydrogen-bond donors (Lipinski definition) is 1. The highest BCUT2D eigenvalue weighted by molar-refractivity contribution is 8.00. The Bertz CT molecular complexity index is 995. The van der Waals surface area contributed by atoms with E-state index in [4.69, 9.17) is 4.74 Å². The number of aromatic nitrogens is 1. The fraction of sp³-hybridized carbons (Fsp3) is 0.333. The third-order valence-electron chi connectivity index (χ3n) is 4.78. The smallest absolute Gasteiger partial charge is 0.308 e. The van der Waals surface area contributed by atoms with Crippen LogP contribution in [0.3, 0.4) is 0 Å². The van der Waals surface area contributed by atoms with Gasteiger partial charge in [-0.2, -0.15) is 0 Å². The topological polar surface area (TPSA) is 96.5 Å². The summed E-state index contributed by atoms with van der Waals surface area (Å²) >= 11 is 1.47. The number of carbonyl (C=O) groups excluding carboxylic acids is 4. The lowest BCUT2D eigenvalue weighted by atomic mass is 10.1. The number of H-pyrrole nitrogens is 1. The quantitative estimate of drug-likeness (QED) is 0.552. The Kier molecular flexibility index (Phi) is 6.22. The second kappa shape index (κ2) is 8.65. The predicted octanol–water partition coefficient (Wildman–Crippen LogP) is 3.09. The molecule has 152 valence electrons. The molecule has 0 fully saturated rings. The number of carbonyl (C=O) groups is 4. The van der Waals surface area contributed by atoms with Gasteiger partial charge in [0.2, 0.25) is 11.7 Å². The van der Waals surface area contributed by atoms with E-state index in [-0.39, 0.29) is 30.3 Å². The number of Topliss-reactive ketones (excluding diaryl/α,β-unsaturated/α-hetero) is 2. The van der Waals surface area contributed by atoms with E-state index in [1.54, 1.807) is 18.7 Å². The summed E-state index contributed by atoms with van der Waals surface area (Å²) in [5.74, 6) is -0.824. The Labute approximate surface area is 172 Å². The van der Waals surface area contributed by atoms with Crippen LogP contribution in [0.1, 0.15) is 45.4 Å².